The Morgan fingerprint density at radius 2 is 2.28 bits per heavy atom. The predicted octanol–water partition coefficient (Wildman–Crippen LogP) is -0.570. The average Bonchev–Trinajstić information content (AvgIpc) is 2.73. The predicted molar refractivity (Wildman–Crippen MR) is 65.2 cm³/mol. The second kappa shape index (κ2) is 5.15. The minimum Gasteiger partial charge on any atom is -0.312 e. The van der Waals surface area contributed by atoms with Crippen LogP contribution >= 0.6 is 0 Å². The normalized spacial score (nSPS) is 16.5. The zero-order valence-corrected chi connectivity index (χ0v) is 11.0. The molecule has 1 N–H and O–H groups in total. The third-order valence-electron chi connectivity index (χ3n) is 3.01. The Hall–Kier alpha value is -1.28. The molecule has 0 saturated carbocycles. The lowest BCUT2D eigenvalue weighted by molar-refractivity contribution is 0.0984. The maximum absolute atomic E-state index is 11.8. The first-order valence-electron chi connectivity index (χ1n) is 5.88. The highest BCUT2D eigenvalue weighted by atomic mass is 32.2. The van der Waals surface area contributed by atoms with Crippen LogP contribution in [-0.2, 0) is 9.84 Å². The van der Waals surface area contributed by atoms with Gasteiger partial charge in [-0.1, -0.05) is 12.1 Å². The number of aromatic nitrogens is 3. The van der Waals surface area contributed by atoms with E-state index < -0.39 is 9.84 Å². The van der Waals surface area contributed by atoms with E-state index >= 15 is 0 Å². The van der Waals surface area contributed by atoms with E-state index in [0.717, 1.165) is 13.1 Å². The van der Waals surface area contributed by atoms with Gasteiger partial charge in [0.05, 0.1) is 18.0 Å². The highest BCUT2D eigenvalue weighted by Crippen LogP contribution is 2.11. The van der Waals surface area contributed by atoms with E-state index in [4.69, 9.17) is 0 Å². The first-order chi connectivity index (χ1) is 8.52. The number of hydrogen-bond acceptors (Lipinski definition) is 6. The van der Waals surface area contributed by atoms with Gasteiger partial charge in [0.2, 0.25) is 0 Å². The Balaban J connectivity index is 1.94. The molecule has 1 aliphatic heterocycles. The standard InChI is InChI=1S/C10H16N4O3S/c1-2-18(16,17)4-3-10(15)9-7-14(13-12-9)8-5-11-6-8/h7-8,11H,2-6H2,1H3. The van der Waals surface area contributed by atoms with Crippen LogP contribution in [0.25, 0.3) is 0 Å². The lowest BCUT2D eigenvalue weighted by atomic mass is 10.2. The van der Waals surface area contributed by atoms with E-state index in [1.54, 1.807) is 17.8 Å². The van der Waals surface area contributed by atoms with Gasteiger partial charge in [-0.3, -0.25) is 4.79 Å². The summed E-state index contributed by atoms with van der Waals surface area (Å²) in [6, 6.07) is 0.249. The number of nitrogens with zero attached hydrogens (tertiary/aromatic N) is 3. The van der Waals surface area contributed by atoms with Crippen LogP contribution in [0, 0.1) is 0 Å². The van der Waals surface area contributed by atoms with Crippen molar-refractivity contribution in [2.24, 2.45) is 0 Å². The van der Waals surface area contributed by atoms with Gasteiger partial charge in [0.25, 0.3) is 0 Å². The molecule has 8 heteroatoms. The lowest BCUT2D eigenvalue weighted by Gasteiger charge is -2.26. The van der Waals surface area contributed by atoms with Crippen LogP contribution in [0.2, 0.25) is 0 Å². The summed E-state index contributed by atoms with van der Waals surface area (Å²) in [6.07, 6.45) is 1.56. The van der Waals surface area contributed by atoms with Crippen LogP contribution in [0.4, 0.5) is 0 Å². The zero-order chi connectivity index (χ0) is 13.2. The van der Waals surface area contributed by atoms with E-state index in [1.165, 1.54) is 0 Å². The maximum atomic E-state index is 11.8. The molecule has 1 aliphatic rings. The second-order valence-electron chi connectivity index (χ2n) is 4.31. The van der Waals surface area contributed by atoms with Crippen molar-refractivity contribution < 1.29 is 13.2 Å². The lowest BCUT2D eigenvalue weighted by Crippen LogP contribution is -2.43. The molecule has 2 heterocycles. The minimum atomic E-state index is -3.11. The summed E-state index contributed by atoms with van der Waals surface area (Å²) in [7, 11) is -3.11. The Kier molecular flexibility index (Phi) is 3.76. The fraction of sp³-hybridized carbons (Fsp3) is 0.700. The minimum absolute atomic E-state index is 0.0300. The van der Waals surface area contributed by atoms with Gasteiger partial charge < -0.3 is 5.32 Å². The number of sulfone groups is 1. The van der Waals surface area contributed by atoms with Crippen molar-refractivity contribution >= 4 is 15.6 Å². The van der Waals surface area contributed by atoms with Crippen molar-refractivity contribution in [3.8, 4) is 0 Å². The Labute approximate surface area is 105 Å². The molecule has 2 rings (SSSR count). The molecule has 7 nitrogen and oxygen atoms in total. The Bertz CT molecular complexity index is 533. The van der Waals surface area contributed by atoms with Gasteiger partial charge in [-0.2, -0.15) is 0 Å². The smallest absolute Gasteiger partial charge is 0.185 e. The van der Waals surface area contributed by atoms with Gasteiger partial charge in [0, 0.05) is 25.3 Å². The van der Waals surface area contributed by atoms with Gasteiger partial charge in [-0.25, -0.2) is 13.1 Å². The number of ketones is 1. The van der Waals surface area contributed by atoms with Crippen LogP contribution in [-0.4, -0.2) is 53.8 Å². The molecule has 1 aromatic rings. The van der Waals surface area contributed by atoms with Crippen LogP contribution in [0.5, 0.6) is 0 Å². The van der Waals surface area contributed by atoms with E-state index in [2.05, 4.69) is 15.6 Å². The van der Waals surface area contributed by atoms with E-state index in [0.29, 0.717) is 0 Å². The second-order valence-corrected chi connectivity index (χ2v) is 6.78. The van der Waals surface area contributed by atoms with E-state index in [1.807, 2.05) is 0 Å². The molecular formula is C10H16N4O3S. The summed E-state index contributed by atoms with van der Waals surface area (Å²) < 4.78 is 24.3. The molecule has 0 radical (unpaired) electrons. The topological polar surface area (TPSA) is 94.0 Å². The third-order valence-corrected chi connectivity index (χ3v) is 4.72. The van der Waals surface area contributed by atoms with Gasteiger partial charge in [-0.05, 0) is 0 Å². The monoisotopic (exact) mass is 272 g/mol. The third kappa shape index (κ3) is 2.94. The number of Topliss-reactive ketones (excluding diaryl/α,β-unsaturated/α-hetero) is 1. The van der Waals surface area contributed by atoms with Gasteiger partial charge in [-0.15, -0.1) is 5.10 Å². The number of carbonyl (C=O) groups is 1. The molecular weight excluding hydrogens is 256 g/mol. The summed E-state index contributed by atoms with van der Waals surface area (Å²) in [6.45, 7) is 3.21. The molecule has 100 valence electrons. The summed E-state index contributed by atoms with van der Waals surface area (Å²) in [5, 5.41) is 10.8. The summed E-state index contributed by atoms with van der Waals surface area (Å²) in [4.78, 5) is 11.8. The first-order valence-corrected chi connectivity index (χ1v) is 7.70. The van der Waals surface area contributed by atoms with Crippen LogP contribution < -0.4 is 5.32 Å². The Morgan fingerprint density at radius 1 is 1.56 bits per heavy atom. The van der Waals surface area contributed by atoms with E-state index in [-0.39, 0.29) is 35.4 Å². The summed E-state index contributed by atoms with van der Waals surface area (Å²) in [5.74, 6) is -0.341. The van der Waals surface area contributed by atoms with Crippen molar-refractivity contribution in [1.82, 2.24) is 20.3 Å². The summed E-state index contributed by atoms with van der Waals surface area (Å²) in [5.41, 5.74) is 0.244. The molecule has 0 spiro atoms. The molecule has 0 amide bonds. The molecule has 18 heavy (non-hydrogen) atoms. The number of hydrogen-bond donors (Lipinski definition) is 1. The Morgan fingerprint density at radius 3 is 2.83 bits per heavy atom. The molecule has 1 aromatic heterocycles. The van der Waals surface area contributed by atoms with Crippen molar-refractivity contribution in [2.75, 3.05) is 24.6 Å². The average molecular weight is 272 g/mol. The van der Waals surface area contributed by atoms with Crippen LogP contribution in [0.1, 0.15) is 29.9 Å². The molecule has 1 fully saturated rings. The summed E-state index contributed by atoms with van der Waals surface area (Å²) >= 11 is 0. The highest BCUT2D eigenvalue weighted by Gasteiger charge is 2.22. The van der Waals surface area contributed by atoms with E-state index in [9.17, 15) is 13.2 Å². The molecule has 0 aromatic carbocycles. The fourth-order valence-corrected chi connectivity index (χ4v) is 2.35. The van der Waals surface area contributed by atoms with Crippen molar-refractivity contribution in [3.05, 3.63) is 11.9 Å². The SMILES string of the molecule is CCS(=O)(=O)CCC(=O)c1cn(C2CNC2)nn1. The van der Waals surface area contributed by atoms with Gasteiger partial charge >= 0.3 is 0 Å². The molecule has 0 unspecified atom stereocenters. The largest absolute Gasteiger partial charge is 0.312 e. The quantitative estimate of drug-likeness (QED) is 0.697. The highest BCUT2D eigenvalue weighted by molar-refractivity contribution is 7.91. The van der Waals surface area contributed by atoms with Gasteiger partial charge in [0.1, 0.15) is 15.5 Å². The van der Waals surface area contributed by atoms with Crippen LogP contribution in [0.3, 0.4) is 0 Å². The van der Waals surface area contributed by atoms with Crippen molar-refractivity contribution in [2.45, 2.75) is 19.4 Å². The van der Waals surface area contributed by atoms with Crippen LogP contribution in [0.15, 0.2) is 6.20 Å². The van der Waals surface area contributed by atoms with Gasteiger partial charge in [0.15, 0.2) is 5.78 Å². The molecule has 1 saturated heterocycles. The first kappa shape index (κ1) is 13.2. The molecule has 0 atom stereocenters. The van der Waals surface area contributed by atoms with Crippen molar-refractivity contribution in [1.29, 1.82) is 0 Å². The maximum Gasteiger partial charge on any atom is 0.185 e. The molecule has 0 aliphatic carbocycles. The van der Waals surface area contributed by atoms with Crippen molar-refractivity contribution in [3.63, 3.8) is 0 Å². The fourth-order valence-electron chi connectivity index (χ4n) is 1.56. The number of rotatable bonds is 6. The number of nitrogens with one attached hydrogen (secondary N) is 1. The molecule has 0 bridgehead atoms. The number of carbonyl (C=O) groups excluding carboxylic acids is 1. The zero-order valence-electron chi connectivity index (χ0n) is 10.2.